The smallest absolute Gasteiger partial charge is 0.342 e. The number of pyridine rings is 1. The Morgan fingerprint density at radius 3 is 2.45 bits per heavy atom. The van der Waals surface area contributed by atoms with Crippen molar-refractivity contribution in [1.82, 2.24) is 4.98 Å². The number of aromatic carboxylic acids is 1. The number of esters is 1. The lowest BCUT2D eigenvalue weighted by atomic mass is 9.99. The Kier molecular flexibility index (Phi) is 6.04. The molecule has 0 spiro atoms. The number of halogens is 1. The van der Waals surface area contributed by atoms with Gasteiger partial charge in [0.15, 0.2) is 5.75 Å². The van der Waals surface area contributed by atoms with Gasteiger partial charge in [-0.05, 0) is 41.8 Å². The van der Waals surface area contributed by atoms with Gasteiger partial charge in [-0.1, -0.05) is 12.1 Å². The van der Waals surface area contributed by atoms with Crippen LogP contribution in [0.5, 0.6) is 5.75 Å². The number of phenols is 1. The van der Waals surface area contributed by atoms with E-state index in [9.17, 15) is 24.2 Å². The van der Waals surface area contributed by atoms with E-state index in [1.165, 1.54) is 25.4 Å². The lowest BCUT2D eigenvalue weighted by molar-refractivity contribution is 0.0385. The molecule has 2 N–H and O–H groups in total. The summed E-state index contributed by atoms with van der Waals surface area (Å²) in [6, 6.07) is 8.55. The Labute approximate surface area is 165 Å². The maximum Gasteiger partial charge on any atom is 0.342 e. The Morgan fingerprint density at radius 2 is 1.79 bits per heavy atom. The standard InChI is InChI=1S/C21H18FNO6/c1-28-6-7-29-21(27)17-10-16(20(25)26)15-9-13(11-23-18(15)19(17)24)8-12-2-4-14(22)5-3-12/h2-5,9-11,24H,6-8H2,1H3,(H,25,26). The van der Waals surface area contributed by atoms with Crippen molar-refractivity contribution in [1.29, 1.82) is 0 Å². The molecule has 0 fully saturated rings. The molecule has 8 heteroatoms. The highest BCUT2D eigenvalue weighted by Crippen LogP contribution is 2.32. The first-order valence-corrected chi connectivity index (χ1v) is 8.69. The number of rotatable bonds is 7. The van der Waals surface area contributed by atoms with Gasteiger partial charge in [0.25, 0.3) is 0 Å². The van der Waals surface area contributed by atoms with Gasteiger partial charge in [-0.2, -0.15) is 0 Å². The van der Waals surface area contributed by atoms with Crippen molar-refractivity contribution < 1.29 is 33.7 Å². The SMILES string of the molecule is COCCOC(=O)c1cc(C(=O)O)c2cc(Cc3ccc(F)cc3)cnc2c1O. The molecule has 0 unspecified atom stereocenters. The van der Waals surface area contributed by atoms with Crippen LogP contribution in [0.4, 0.5) is 4.39 Å². The largest absolute Gasteiger partial charge is 0.505 e. The van der Waals surface area contributed by atoms with E-state index in [0.29, 0.717) is 12.0 Å². The van der Waals surface area contributed by atoms with E-state index in [4.69, 9.17) is 9.47 Å². The zero-order valence-corrected chi connectivity index (χ0v) is 15.5. The van der Waals surface area contributed by atoms with E-state index in [0.717, 1.165) is 11.6 Å². The van der Waals surface area contributed by atoms with Gasteiger partial charge in [-0.3, -0.25) is 4.98 Å². The molecule has 7 nitrogen and oxygen atoms in total. The predicted octanol–water partition coefficient (Wildman–Crippen LogP) is 3.17. The summed E-state index contributed by atoms with van der Waals surface area (Å²) < 4.78 is 22.8. The molecule has 0 saturated heterocycles. The zero-order valence-electron chi connectivity index (χ0n) is 15.5. The second kappa shape index (κ2) is 8.66. The maximum atomic E-state index is 13.1. The van der Waals surface area contributed by atoms with Crippen LogP contribution in [0.1, 0.15) is 31.8 Å². The highest BCUT2D eigenvalue weighted by molar-refractivity contribution is 6.09. The molecular formula is C21H18FNO6. The van der Waals surface area contributed by atoms with Crippen molar-refractivity contribution in [3.8, 4) is 5.75 Å². The highest BCUT2D eigenvalue weighted by Gasteiger charge is 2.22. The van der Waals surface area contributed by atoms with Gasteiger partial charge in [0, 0.05) is 18.7 Å². The molecule has 0 atom stereocenters. The number of phenolic OH excluding ortho intramolecular Hbond substituents is 1. The minimum absolute atomic E-state index is 0.0218. The van der Waals surface area contributed by atoms with Crippen LogP contribution in [0, 0.1) is 5.82 Å². The number of aromatic hydroxyl groups is 1. The topological polar surface area (TPSA) is 106 Å². The molecule has 29 heavy (non-hydrogen) atoms. The van der Waals surface area contributed by atoms with Crippen LogP contribution in [0.15, 0.2) is 42.6 Å². The summed E-state index contributed by atoms with van der Waals surface area (Å²) >= 11 is 0. The molecule has 3 rings (SSSR count). The molecule has 1 aromatic heterocycles. The first kappa shape index (κ1) is 20.2. The fraction of sp³-hybridized carbons (Fsp3) is 0.190. The van der Waals surface area contributed by atoms with Crippen LogP contribution in [-0.2, 0) is 15.9 Å². The molecule has 0 saturated carbocycles. The average Bonchev–Trinajstić information content (AvgIpc) is 2.70. The minimum atomic E-state index is -1.28. The van der Waals surface area contributed by atoms with Crippen molar-refractivity contribution in [3.63, 3.8) is 0 Å². The number of carboxylic acid groups (broad SMARTS) is 1. The van der Waals surface area contributed by atoms with Gasteiger partial charge in [-0.15, -0.1) is 0 Å². The second-order valence-corrected chi connectivity index (χ2v) is 6.30. The summed E-state index contributed by atoms with van der Waals surface area (Å²) in [5.41, 5.74) is 0.981. The predicted molar refractivity (Wildman–Crippen MR) is 102 cm³/mol. The van der Waals surface area contributed by atoms with Gasteiger partial charge in [-0.25, -0.2) is 14.0 Å². The Bertz CT molecular complexity index is 1060. The summed E-state index contributed by atoms with van der Waals surface area (Å²) in [5, 5.41) is 20.2. The van der Waals surface area contributed by atoms with Crippen LogP contribution in [0.25, 0.3) is 10.9 Å². The number of ether oxygens (including phenoxy) is 2. The molecule has 0 aliphatic rings. The van der Waals surface area contributed by atoms with Crippen molar-refractivity contribution in [2.45, 2.75) is 6.42 Å². The number of carbonyl (C=O) groups is 2. The summed E-state index contributed by atoms with van der Waals surface area (Å²) in [7, 11) is 1.44. The van der Waals surface area contributed by atoms with Gasteiger partial charge in [0.2, 0.25) is 0 Å². The molecule has 150 valence electrons. The lowest BCUT2D eigenvalue weighted by Gasteiger charge is -2.11. The molecular weight excluding hydrogens is 381 g/mol. The summed E-state index contributed by atoms with van der Waals surface area (Å²) in [6.45, 7) is 0.121. The van der Waals surface area contributed by atoms with Crippen LogP contribution in [0.3, 0.4) is 0 Å². The molecule has 3 aromatic rings. The number of methoxy groups -OCH3 is 1. The van der Waals surface area contributed by atoms with Gasteiger partial charge in [0.1, 0.15) is 23.5 Å². The summed E-state index contributed by atoms with van der Waals surface area (Å²) in [5.74, 6) is -2.96. The van der Waals surface area contributed by atoms with Crippen molar-refractivity contribution >= 4 is 22.8 Å². The average molecular weight is 399 g/mol. The van der Waals surface area contributed by atoms with Crippen LogP contribution in [-0.4, -0.2) is 47.5 Å². The van der Waals surface area contributed by atoms with E-state index in [2.05, 4.69) is 4.98 Å². The fourth-order valence-corrected chi connectivity index (χ4v) is 2.88. The fourth-order valence-electron chi connectivity index (χ4n) is 2.88. The van der Waals surface area contributed by atoms with Crippen LogP contribution in [0.2, 0.25) is 0 Å². The zero-order chi connectivity index (χ0) is 21.0. The minimum Gasteiger partial charge on any atom is -0.505 e. The number of carboxylic acids is 1. The normalized spacial score (nSPS) is 10.8. The maximum absolute atomic E-state index is 13.1. The Morgan fingerprint density at radius 1 is 1.07 bits per heavy atom. The Hall–Kier alpha value is -3.52. The third-order valence-electron chi connectivity index (χ3n) is 4.30. The number of nitrogens with zero attached hydrogens (tertiary/aromatic N) is 1. The number of hydrogen-bond donors (Lipinski definition) is 2. The monoisotopic (exact) mass is 399 g/mol. The van der Waals surface area contributed by atoms with Gasteiger partial charge in [0.05, 0.1) is 12.2 Å². The van der Waals surface area contributed by atoms with E-state index in [1.807, 2.05) is 0 Å². The lowest BCUT2D eigenvalue weighted by Crippen LogP contribution is -2.12. The van der Waals surface area contributed by atoms with Crippen LogP contribution >= 0.6 is 0 Å². The third-order valence-corrected chi connectivity index (χ3v) is 4.30. The first-order valence-electron chi connectivity index (χ1n) is 8.69. The summed E-state index contributed by atoms with van der Waals surface area (Å²) in [4.78, 5) is 28.1. The first-order chi connectivity index (χ1) is 13.9. The third kappa shape index (κ3) is 4.49. The van der Waals surface area contributed by atoms with E-state index in [-0.39, 0.29) is 41.1 Å². The van der Waals surface area contributed by atoms with E-state index >= 15 is 0 Å². The molecule has 0 aliphatic heterocycles. The molecule has 0 bridgehead atoms. The highest BCUT2D eigenvalue weighted by atomic mass is 19.1. The van der Waals surface area contributed by atoms with Gasteiger partial charge < -0.3 is 19.7 Å². The van der Waals surface area contributed by atoms with Crippen LogP contribution < -0.4 is 0 Å². The molecule has 1 heterocycles. The quantitative estimate of drug-likeness (QED) is 0.464. The summed E-state index contributed by atoms with van der Waals surface area (Å²) in [6.07, 6.45) is 1.86. The van der Waals surface area contributed by atoms with Crippen molar-refractivity contribution in [3.05, 3.63) is 70.7 Å². The Balaban J connectivity index is 2.02. The number of hydrogen-bond acceptors (Lipinski definition) is 6. The molecule has 0 aliphatic carbocycles. The number of fused-ring (bicyclic) bond motifs is 1. The van der Waals surface area contributed by atoms with E-state index < -0.39 is 17.7 Å². The molecule has 0 amide bonds. The van der Waals surface area contributed by atoms with Crippen molar-refractivity contribution in [2.24, 2.45) is 0 Å². The number of benzene rings is 2. The van der Waals surface area contributed by atoms with E-state index in [1.54, 1.807) is 18.2 Å². The molecule has 0 radical (unpaired) electrons. The number of carbonyl (C=O) groups excluding carboxylic acids is 1. The van der Waals surface area contributed by atoms with Crippen molar-refractivity contribution in [2.75, 3.05) is 20.3 Å². The number of aromatic nitrogens is 1. The second-order valence-electron chi connectivity index (χ2n) is 6.30. The molecule has 2 aromatic carbocycles. The van der Waals surface area contributed by atoms with Gasteiger partial charge >= 0.3 is 11.9 Å².